The van der Waals surface area contributed by atoms with E-state index in [4.69, 9.17) is 0 Å². The fraction of sp³-hybridized carbons (Fsp3) is 0.471. The molecule has 0 fully saturated rings. The first kappa shape index (κ1) is 17.9. The topological polar surface area (TPSA) is 67.1 Å². The van der Waals surface area contributed by atoms with Crippen molar-refractivity contribution in [1.29, 1.82) is 0 Å². The van der Waals surface area contributed by atoms with Crippen molar-refractivity contribution in [3.05, 3.63) is 47.3 Å². The predicted octanol–water partition coefficient (Wildman–Crippen LogP) is 2.21. The van der Waals surface area contributed by atoms with Crippen LogP contribution >= 0.6 is 0 Å². The standard InChI is InChI=1S/C17H25FN6/c1-5-16-23-21-11-24(16)9-8-20-17(19-4)22-13(3)14-7-6-12(2)15(18)10-14/h6-7,10-11,13H,5,8-9H2,1-4H3,(H2,19,20,22). The van der Waals surface area contributed by atoms with Gasteiger partial charge >= 0.3 is 0 Å². The summed E-state index contributed by atoms with van der Waals surface area (Å²) in [7, 11) is 1.72. The van der Waals surface area contributed by atoms with Crippen LogP contribution in [0.15, 0.2) is 29.5 Å². The van der Waals surface area contributed by atoms with Crippen molar-refractivity contribution < 1.29 is 4.39 Å². The second-order valence-corrected chi connectivity index (χ2v) is 5.67. The molecule has 24 heavy (non-hydrogen) atoms. The van der Waals surface area contributed by atoms with Crippen molar-refractivity contribution in [3.8, 4) is 0 Å². The Morgan fingerprint density at radius 1 is 1.42 bits per heavy atom. The number of aryl methyl sites for hydroxylation is 2. The van der Waals surface area contributed by atoms with Crippen LogP contribution in [0, 0.1) is 12.7 Å². The van der Waals surface area contributed by atoms with Gasteiger partial charge in [-0.3, -0.25) is 4.99 Å². The minimum absolute atomic E-state index is 0.0487. The smallest absolute Gasteiger partial charge is 0.191 e. The summed E-state index contributed by atoms with van der Waals surface area (Å²) in [5.74, 6) is 1.45. The Balaban J connectivity index is 1.88. The minimum atomic E-state index is -0.191. The van der Waals surface area contributed by atoms with E-state index in [0.29, 0.717) is 18.1 Å². The van der Waals surface area contributed by atoms with E-state index < -0.39 is 0 Å². The minimum Gasteiger partial charge on any atom is -0.355 e. The third-order valence-corrected chi connectivity index (χ3v) is 3.93. The molecule has 0 aliphatic rings. The average molecular weight is 332 g/mol. The normalized spacial score (nSPS) is 13.0. The van der Waals surface area contributed by atoms with Gasteiger partial charge in [0.25, 0.3) is 0 Å². The predicted molar refractivity (Wildman–Crippen MR) is 93.4 cm³/mol. The van der Waals surface area contributed by atoms with Crippen LogP contribution in [0.2, 0.25) is 0 Å². The summed E-state index contributed by atoms with van der Waals surface area (Å²) in [4.78, 5) is 4.22. The largest absolute Gasteiger partial charge is 0.355 e. The van der Waals surface area contributed by atoms with Crippen LogP contribution < -0.4 is 10.6 Å². The van der Waals surface area contributed by atoms with E-state index in [1.165, 1.54) is 0 Å². The Morgan fingerprint density at radius 3 is 2.88 bits per heavy atom. The van der Waals surface area contributed by atoms with Crippen molar-refractivity contribution in [1.82, 2.24) is 25.4 Å². The molecule has 0 radical (unpaired) electrons. The van der Waals surface area contributed by atoms with E-state index in [-0.39, 0.29) is 11.9 Å². The zero-order valence-electron chi connectivity index (χ0n) is 14.7. The molecule has 130 valence electrons. The molecule has 7 heteroatoms. The molecule has 0 amide bonds. The van der Waals surface area contributed by atoms with Gasteiger partial charge in [0.2, 0.25) is 0 Å². The number of nitrogens with one attached hydrogen (secondary N) is 2. The molecule has 0 bridgehead atoms. The van der Waals surface area contributed by atoms with Crippen molar-refractivity contribution in [2.24, 2.45) is 4.99 Å². The molecule has 6 nitrogen and oxygen atoms in total. The van der Waals surface area contributed by atoms with Crippen molar-refractivity contribution in [2.45, 2.75) is 39.8 Å². The van der Waals surface area contributed by atoms with E-state index in [1.54, 1.807) is 32.4 Å². The number of aliphatic imine (C=N–C) groups is 1. The SMILES string of the molecule is CCc1nncn1CCNC(=NC)NC(C)c1ccc(C)c(F)c1. The summed E-state index contributed by atoms with van der Waals surface area (Å²) in [5, 5.41) is 14.5. The van der Waals surface area contributed by atoms with Crippen LogP contribution in [-0.4, -0.2) is 34.3 Å². The molecule has 0 aliphatic heterocycles. The number of benzene rings is 1. The lowest BCUT2D eigenvalue weighted by molar-refractivity contribution is 0.603. The van der Waals surface area contributed by atoms with Gasteiger partial charge < -0.3 is 15.2 Å². The monoisotopic (exact) mass is 332 g/mol. The zero-order chi connectivity index (χ0) is 17.5. The van der Waals surface area contributed by atoms with Crippen LogP contribution in [0.25, 0.3) is 0 Å². The van der Waals surface area contributed by atoms with Crippen LogP contribution in [0.1, 0.15) is 36.8 Å². The Bertz CT molecular complexity index is 694. The van der Waals surface area contributed by atoms with E-state index in [9.17, 15) is 4.39 Å². The van der Waals surface area contributed by atoms with Gasteiger partial charge in [-0.05, 0) is 31.0 Å². The third kappa shape index (κ3) is 4.53. The molecule has 1 heterocycles. The number of rotatable bonds is 6. The molecule has 2 rings (SSSR count). The quantitative estimate of drug-likeness (QED) is 0.629. The molecule has 0 spiro atoms. The molecule has 1 aromatic heterocycles. The van der Waals surface area contributed by atoms with Gasteiger partial charge in [-0.2, -0.15) is 0 Å². The van der Waals surface area contributed by atoms with Gasteiger partial charge in [0.05, 0.1) is 6.04 Å². The molecular weight excluding hydrogens is 307 g/mol. The van der Waals surface area contributed by atoms with Crippen molar-refractivity contribution >= 4 is 5.96 Å². The summed E-state index contributed by atoms with van der Waals surface area (Å²) in [6.07, 6.45) is 2.58. The fourth-order valence-corrected chi connectivity index (χ4v) is 2.40. The Morgan fingerprint density at radius 2 is 2.21 bits per heavy atom. The number of guanidine groups is 1. The summed E-state index contributed by atoms with van der Waals surface area (Å²) in [6, 6.07) is 5.23. The van der Waals surface area contributed by atoms with Crippen LogP contribution in [0.5, 0.6) is 0 Å². The third-order valence-electron chi connectivity index (χ3n) is 3.93. The maximum atomic E-state index is 13.7. The lowest BCUT2D eigenvalue weighted by Gasteiger charge is -2.19. The summed E-state index contributed by atoms with van der Waals surface area (Å²) < 4.78 is 15.7. The molecule has 1 atom stereocenters. The second kappa shape index (κ2) is 8.42. The van der Waals surface area contributed by atoms with Crippen molar-refractivity contribution in [3.63, 3.8) is 0 Å². The lowest BCUT2D eigenvalue weighted by Crippen LogP contribution is -2.40. The van der Waals surface area contributed by atoms with Gasteiger partial charge in [0.15, 0.2) is 5.96 Å². The first-order chi connectivity index (χ1) is 11.5. The molecule has 2 N–H and O–H groups in total. The maximum absolute atomic E-state index is 13.7. The highest BCUT2D eigenvalue weighted by Crippen LogP contribution is 2.16. The Kier molecular flexibility index (Phi) is 6.28. The fourth-order valence-electron chi connectivity index (χ4n) is 2.40. The van der Waals surface area contributed by atoms with Gasteiger partial charge in [-0.15, -0.1) is 10.2 Å². The molecule has 2 aromatic rings. The van der Waals surface area contributed by atoms with E-state index in [0.717, 1.165) is 24.4 Å². The molecule has 0 saturated heterocycles. The highest BCUT2D eigenvalue weighted by Gasteiger charge is 2.10. The second-order valence-electron chi connectivity index (χ2n) is 5.67. The first-order valence-electron chi connectivity index (χ1n) is 8.15. The van der Waals surface area contributed by atoms with Gasteiger partial charge in [-0.1, -0.05) is 19.1 Å². The van der Waals surface area contributed by atoms with Crippen LogP contribution in [0.3, 0.4) is 0 Å². The first-order valence-corrected chi connectivity index (χ1v) is 8.15. The Hall–Kier alpha value is -2.44. The number of hydrogen-bond donors (Lipinski definition) is 2. The molecule has 1 unspecified atom stereocenters. The highest BCUT2D eigenvalue weighted by atomic mass is 19.1. The van der Waals surface area contributed by atoms with E-state index in [1.807, 2.05) is 17.6 Å². The van der Waals surface area contributed by atoms with Gasteiger partial charge in [0.1, 0.15) is 18.0 Å². The number of aromatic nitrogens is 3. The molecule has 0 aliphatic carbocycles. The lowest BCUT2D eigenvalue weighted by atomic mass is 10.1. The summed E-state index contributed by atoms with van der Waals surface area (Å²) in [6.45, 7) is 7.24. The number of nitrogens with zero attached hydrogens (tertiary/aromatic N) is 4. The number of halogens is 1. The molecule has 0 saturated carbocycles. The van der Waals surface area contributed by atoms with E-state index >= 15 is 0 Å². The summed E-state index contributed by atoms with van der Waals surface area (Å²) in [5.41, 5.74) is 1.53. The summed E-state index contributed by atoms with van der Waals surface area (Å²) >= 11 is 0. The average Bonchev–Trinajstić information content (AvgIpc) is 3.03. The highest BCUT2D eigenvalue weighted by molar-refractivity contribution is 5.80. The van der Waals surface area contributed by atoms with Crippen LogP contribution in [-0.2, 0) is 13.0 Å². The molecular formula is C17H25FN6. The van der Waals surface area contributed by atoms with Gasteiger partial charge in [-0.25, -0.2) is 4.39 Å². The Labute approximate surface area is 142 Å². The van der Waals surface area contributed by atoms with Crippen molar-refractivity contribution in [2.75, 3.05) is 13.6 Å². The molecule has 1 aromatic carbocycles. The van der Waals surface area contributed by atoms with E-state index in [2.05, 4.69) is 32.7 Å². The van der Waals surface area contributed by atoms with Gasteiger partial charge in [0, 0.05) is 26.6 Å². The van der Waals surface area contributed by atoms with Crippen LogP contribution in [0.4, 0.5) is 4.39 Å². The maximum Gasteiger partial charge on any atom is 0.191 e. The zero-order valence-corrected chi connectivity index (χ0v) is 14.7. The number of hydrogen-bond acceptors (Lipinski definition) is 3.